The first-order valence-corrected chi connectivity index (χ1v) is 22.5. The normalized spacial score (nSPS) is 17.9. The SMILES string of the molecule is C[C@@H](O)[C@H](NC(=O)[C@H](CO)NC(=O)[C@@H](NC(=O)[C@H](CO)NC(=O)[C@H](COP(=O)(O)O)NC(=O)[C@@H]1CCCN1C(=O)[C@H](CC(=O)O)NC(=O)[C@H](CO)NC(=O)[C@@H](N)Cc1ccc(O)cc1)[C@@H](C)O)C(=O)O. The fourth-order valence-corrected chi connectivity index (χ4v) is 6.79. The van der Waals surface area contributed by atoms with Crippen LogP contribution < -0.4 is 43.0 Å². The Hall–Kier alpha value is -6.41. The quantitative estimate of drug-likeness (QED) is 0.0347. The lowest BCUT2D eigenvalue weighted by Gasteiger charge is -2.30. The van der Waals surface area contributed by atoms with Crippen LogP contribution >= 0.6 is 7.82 Å². The smallest absolute Gasteiger partial charge is 0.469 e. The van der Waals surface area contributed by atoms with Gasteiger partial charge in [-0.3, -0.25) is 47.7 Å². The molecule has 0 unspecified atom stereocenters. The number of hydrogen-bond acceptors (Lipinski definition) is 19. The monoisotopic (exact) mass is 1020 g/mol. The zero-order valence-corrected chi connectivity index (χ0v) is 38.3. The van der Waals surface area contributed by atoms with Gasteiger partial charge in [0.1, 0.15) is 48.0 Å². The largest absolute Gasteiger partial charge is 0.508 e. The van der Waals surface area contributed by atoms with E-state index in [0.717, 1.165) is 18.7 Å². The zero-order valence-electron chi connectivity index (χ0n) is 37.4. The van der Waals surface area contributed by atoms with Gasteiger partial charge in [-0.1, -0.05) is 12.1 Å². The number of phenols is 1. The highest BCUT2D eigenvalue weighted by atomic mass is 31.2. The number of aliphatic hydroxyl groups excluding tert-OH is 5. The molecule has 11 atom stereocenters. The molecule has 19 N–H and O–H groups in total. The van der Waals surface area contributed by atoms with Crippen molar-refractivity contribution in [2.45, 2.75) is 106 Å². The molecule has 8 amide bonds. The Bertz CT molecular complexity index is 2090. The standard InChI is InChI=1S/C38H58N9O22P/c1-16(51)28(36(62)43-24(14-50)33(59)46-29(17(2)52)38(64)65)45-32(58)23(13-49)42-34(60)25(15-69-70(66,67)68)44-35(61)26-4-3-9-47(26)37(63)21(11-27(54)55)40-31(57)22(12-48)41-30(56)20(39)10-18-5-7-19(53)8-6-18/h5-8,16-17,20-26,28-29,48-53H,3-4,9-15,39H2,1-2H3,(H,40,57)(H,41,56)(H,42,60)(H,43,62)(H,44,61)(H,45,58)(H,46,59)(H,54,55)(H,64,65)(H2,66,67,68)/t16-,17-,20+,21+,22+,23+,24+,25+,26+,28+,29+/m1/s1. The molecule has 0 radical (unpaired) electrons. The Morgan fingerprint density at radius 2 is 1.14 bits per heavy atom. The third-order valence-electron chi connectivity index (χ3n) is 10.2. The van der Waals surface area contributed by atoms with Crippen LogP contribution in [0.25, 0.3) is 0 Å². The average Bonchev–Trinajstić information content (AvgIpc) is 3.78. The van der Waals surface area contributed by atoms with Gasteiger partial charge in [0.25, 0.3) is 0 Å². The number of carbonyl (C=O) groups excluding carboxylic acids is 8. The number of aliphatic carboxylic acids is 2. The molecule has 0 spiro atoms. The van der Waals surface area contributed by atoms with E-state index in [9.17, 15) is 103 Å². The lowest BCUT2D eigenvalue weighted by molar-refractivity contribution is -0.146. The Morgan fingerprint density at radius 1 is 0.686 bits per heavy atom. The van der Waals surface area contributed by atoms with Gasteiger partial charge in [-0.25, -0.2) is 9.36 Å². The Morgan fingerprint density at radius 3 is 1.61 bits per heavy atom. The minimum absolute atomic E-state index is 0.0564. The minimum atomic E-state index is -5.42. The van der Waals surface area contributed by atoms with Crippen molar-refractivity contribution < 1.29 is 108 Å². The number of phosphoric acid groups is 1. The molecule has 1 aromatic rings. The lowest BCUT2D eigenvalue weighted by atomic mass is 10.1. The first-order chi connectivity index (χ1) is 32.6. The van der Waals surface area contributed by atoms with E-state index in [1.54, 1.807) is 0 Å². The van der Waals surface area contributed by atoms with Crippen LogP contribution in [0.4, 0.5) is 0 Å². The molecule has 2 rings (SSSR count). The second kappa shape index (κ2) is 27.7. The molecular formula is C38H58N9O22P. The lowest BCUT2D eigenvalue weighted by Crippen LogP contribution is -2.63. The fourth-order valence-electron chi connectivity index (χ4n) is 6.45. The summed E-state index contributed by atoms with van der Waals surface area (Å²) in [6, 6.07) is -11.1. The van der Waals surface area contributed by atoms with E-state index in [1.807, 2.05) is 21.3 Å². The molecule has 1 aliphatic rings. The molecule has 31 nitrogen and oxygen atoms in total. The van der Waals surface area contributed by atoms with Gasteiger partial charge in [-0.2, -0.15) is 0 Å². The van der Waals surface area contributed by atoms with Crippen molar-refractivity contribution in [2.24, 2.45) is 5.73 Å². The summed E-state index contributed by atoms with van der Waals surface area (Å²) in [5.41, 5.74) is 6.45. The Kier molecular flexibility index (Phi) is 23.6. The summed E-state index contributed by atoms with van der Waals surface area (Å²) >= 11 is 0. The van der Waals surface area contributed by atoms with Crippen LogP contribution in [-0.2, 0) is 63.5 Å². The van der Waals surface area contributed by atoms with Crippen molar-refractivity contribution in [3.05, 3.63) is 29.8 Å². The number of nitrogens with one attached hydrogen (secondary N) is 7. The summed E-state index contributed by atoms with van der Waals surface area (Å²) in [7, 11) is -5.42. The van der Waals surface area contributed by atoms with Gasteiger partial charge in [-0.05, 0) is 50.8 Å². The van der Waals surface area contributed by atoms with Crippen LogP contribution in [0.15, 0.2) is 24.3 Å². The first kappa shape index (κ1) is 59.7. The summed E-state index contributed by atoms with van der Waals surface area (Å²) in [4.78, 5) is 149. The predicted octanol–water partition coefficient (Wildman–Crippen LogP) is -8.95. The highest BCUT2D eigenvalue weighted by molar-refractivity contribution is 7.46. The maximum atomic E-state index is 13.8. The summed E-state index contributed by atoms with van der Waals surface area (Å²) < 4.78 is 16.0. The Labute approximate surface area is 396 Å². The van der Waals surface area contributed by atoms with Gasteiger partial charge in [0.05, 0.1) is 51.1 Å². The second-order valence-electron chi connectivity index (χ2n) is 15.7. The summed E-state index contributed by atoms with van der Waals surface area (Å²) in [6.45, 7) is -3.13. The molecule has 32 heteroatoms. The molecule has 0 saturated carbocycles. The molecule has 1 heterocycles. The minimum Gasteiger partial charge on any atom is -0.508 e. The number of benzene rings is 1. The van der Waals surface area contributed by atoms with Crippen molar-refractivity contribution in [3.8, 4) is 5.75 Å². The van der Waals surface area contributed by atoms with Crippen molar-refractivity contribution >= 4 is 67.0 Å². The number of amides is 8. The van der Waals surface area contributed by atoms with Crippen molar-refractivity contribution in [3.63, 3.8) is 0 Å². The van der Waals surface area contributed by atoms with Gasteiger partial charge in [0.2, 0.25) is 47.3 Å². The number of carbonyl (C=O) groups is 10. The van der Waals surface area contributed by atoms with Crippen LogP contribution in [0.1, 0.15) is 38.7 Å². The number of phenolic OH excluding ortho intramolecular Hbond substituents is 1. The molecule has 0 bridgehead atoms. The maximum absolute atomic E-state index is 13.8. The van der Waals surface area contributed by atoms with Crippen molar-refractivity contribution in [1.29, 1.82) is 0 Å². The number of aromatic hydroxyl groups is 1. The van der Waals surface area contributed by atoms with E-state index < -0.39 is 166 Å². The van der Waals surface area contributed by atoms with E-state index >= 15 is 0 Å². The van der Waals surface area contributed by atoms with E-state index in [2.05, 4.69) is 20.5 Å². The van der Waals surface area contributed by atoms with Crippen molar-refractivity contribution in [1.82, 2.24) is 42.1 Å². The first-order valence-electron chi connectivity index (χ1n) is 20.9. The molecule has 1 saturated heterocycles. The topological polar surface area (TPSA) is 513 Å². The number of carboxylic acid groups (broad SMARTS) is 2. The molecule has 1 fully saturated rings. The van der Waals surface area contributed by atoms with E-state index in [-0.39, 0.29) is 31.6 Å². The third-order valence-corrected chi connectivity index (χ3v) is 10.6. The molecule has 0 aliphatic carbocycles. The number of nitrogens with two attached hydrogens (primary N) is 1. The number of aliphatic hydroxyl groups is 5. The third kappa shape index (κ3) is 18.8. The maximum Gasteiger partial charge on any atom is 0.469 e. The number of nitrogens with zero attached hydrogens (tertiary/aromatic N) is 1. The molecule has 392 valence electrons. The van der Waals surface area contributed by atoms with Gasteiger partial charge in [0, 0.05) is 6.54 Å². The molecular weight excluding hydrogens is 965 g/mol. The summed E-state index contributed by atoms with van der Waals surface area (Å²) in [6.07, 6.45) is -4.76. The number of hydrogen-bond donors (Lipinski definition) is 18. The van der Waals surface area contributed by atoms with Crippen LogP contribution in [0.5, 0.6) is 5.75 Å². The van der Waals surface area contributed by atoms with Gasteiger partial charge in [0.15, 0.2) is 6.04 Å². The van der Waals surface area contributed by atoms with Crippen LogP contribution in [0, 0.1) is 0 Å². The number of rotatable bonds is 28. The van der Waals surface area contributed by atoms with Gasteiger partial charge in [-0.15, -0.1) is 0 Å². The number of carboxylic acids is 2. The van der Waals surface area contributed by atoms with E-state index in [0.29, 0.717) is 5.56 Å². The number of likely N-dealkylation sites (tertiary alicyclic amines) is 1. The van der Waals surface area contributed by atoms with Crippen LogP contribution in [0.2, 0.25) is 0 Å². The van der Waals surface area contributed by atoms with Gasteiger partial charge >= 0.3 is 19.8 Å². The zero-order chi connectivity index (χ0) is 53.2. The van der Waals surface area contributed by atoms with Gasteiger partial charge < -0.3 is 98.5 Å². The summed E-state index contributed by atoms with van der Waals surface area (Å²) in [5, 5.41) is 91.9. The van der Waals surface area contributed by atoms with E-state index in [1.165, 1.54) is 24.3 Å². The predicted molar refractivity (Wildman–Crippen MR) is 231 cm³/mol. The molecule has 1 aliphatic heterocycles. The van der Waals surface area contributed by atoms with Crippen LogP contribution in [-0.4, -0.2) is 214 Å². The highest BCUT2D eigenvalue weighted by Gasteiger charge is 2.41. The van der Waals surface area contributed by atoms with Crippen molar-refractivity contribution in [2.75, 3.05) is 33.0 Å². The summed E-state index contributed by atoms with van der Waals surface area (Å²) in [5.74, 6) is -13.6. The average molecular weight is 1020 g/mol. The molecule has 70 heavy (non-hydrogen) atoms. The molecule has 0 aromatic heterocycles. The Balaban J connectivity index is 2.25. The van der Waals surface area contributed by atoms with Crippen LogP contribution in [0.3, 0.4) is 0 Å². The van der Waals surface area contributed by atoms with E-state index in [4.69, 9.17) is 5.73 Å². The highest BCUT2D eigenvalue weighted by Crippen LogP contribution is 2.35. The molecule has 1 aromatic carbocycles. The fraction of sp³-hybridized carbons (Fsp3) is 0.579. The number of phosphoric ester groups is 1. The second-order valence-corrected chi connectivity index (χ2v) is 16.9.